The number of nitrogens with one attached hydrogen (secondary N) is 1. The normalized spacial score (nSPS) is 12.9. The molecule has 0 aromatic heterocycles. The molecule has 1 N–H and O–H groups in total. The Bertz CT molecular complexity index is 813. The van der Waals surface area contributed by atoms with Crippen LogP contribution in [0.15, 0.2) is 18.2 Å². The summed E-state index contributed by atoms with van der Waals surface area (Å²) in [5.41, 5.74) is -0.414. The summed E-state index contributed by atoms with van der Waals surface area (Å²) in [7, 11) is 2.85. The molecule has 0 spiro atoms. The number of methoxy groups -OCH3 is 2. The van der Waals surface area contributed by atoms with Crippen LogP contribution in [0.2, 0.25) is 5.02 Å². The Morgan fingerprint density at radius 1 is 1.15 bits per heavy atom. The average Bonchev–Trinajstić information content (AvgIpc) is 2.70. The number of ether oxygens (including phenoxy) is 4. The van der Waals surface area contributed by atoms with Gasteiger partial charge in [-0.3, -0.25) is 9.59 Å². The Hall–Kier alpha value is -2.24. The van der Waals surface area contributed by atoms with Gasteiger partial charge in [-0.2, -0.15) is 0 Å². The molecule has 1 atom stereocenters. The molecule has 0 saturated heterocycles. The van der Waals surface area contributed by atoms with Crippen LogP contribution >= 0.6 is 11.6 Å². The quantitative estimate of drug-likeness (QED) is 0.323. The van der Waals surface area contributed by atoms with E-state index in [1.54, 1.807) is 27.7 Å². The van der Waals surface area contributed by atoms with Crippen LogP contribution in [0.5, 0.6) is 5.75 Å². The third-order valence-corrected chi connectivity index (χ3v) is 4.66. The fourth-order valence-electron chi connectivity index (χ4n) is 2.91. The first kappa shape index (κ1) is 29.8. The van der Waals surface area contributed by atoms with Crippen molar-refractivity contribution >= 4 is 29.2 Å². The van der Waals surface area contributed by atoms with Crippen molar-refractivity contribution in [3.05, 3.63) is 23.2 Å². The number of carbonyl (C=O) groups excluding carboxylic acids is 2. The lowest BCUT2D eigenvalue weighted by Crippen LogP contribution is -2.46. The summed E-state index contributed by atoms with van der Waals surface area (Å²) in [5, 5.41) is 2.62. The number of alkyl halides is 3. The summed E-state index contributed by atoms with van der Waals surface area (Å²) >= 11 is 5.77. The third-order valence-electron chi connectivity index (χ3n) is 4.35. The largest absolute Gasteiger partial charge is 0.573 e. The fraction of sp³-hybridized carbons (Fsp3) is 0.636. The zero-order valence-corrected chi connectivity index (χ0v) is 20.9. The molecule has 0 aliphatic rings. The highest BCUT2D eigenvalue weighted by molar-refractivity contribution is 6.32. The van der Waals surface area contributed by atoms with E-state index in [1.165, 1.54) is 31.3 Å². The Morgan fingerprint density at radius 2 is 1.76 bits per heavy atom. The molecule has 0 aliphatic carbocycles. The van der Waals surface area contributed by atoms with Gasteiger partial charge in [0, 0.05) is 38.9 Å². The van der Waals surface area contributed by atoms with Crippen LogP contribution < -0.4 is 10.1 Å². The summed E-state index contributed by atoms with van der Waals surface area (Å²) in [6.45, 7) is 7.12. The molecule has 194 valence electrons. The molecule has 0 unspecified atom stereocenters. The number of carbonyl (C=O) groups is 2. The van der Waals surface area contributed by atoms with Crippen LogP contribution in [0.3, 0.4) is 0 Å². The van der Waals surface area contributed by atoms with Crippen LogP contribution in [-0.4, -0.2) is 68.4 Å². The summed E-state index contributed by atoms with van der Waals surface area (Å²) in [6.07, 6.45) is -5.19. The van der Waals surface area contributed by atoms with Gasteiger partial charge in [-0.15, -0.1) is 13.2 Å². The van der Waals surface area contributed by atoms with Gasteiger partial charge in [0.15, 0.2) is 6.29 Å². The van der Waals surface area contributed by atoms with Crippen molar-refractivity contribution in [1.82, 2.24) is 4.90 Å². The van der Waals surface area contributed by atoms with Crippen LogP contribution in [0.25, 0.3) is 0 Å². The molecule has 0 saturated carbocycles. The van der Waals surface area contributed by atoms with E-state index in [-0.39, 0.29) is 42.1 Å². The molecule has 34 heavy (non-hydrogen) atoms. The molecular formula is C22H32ClF3N2O6. The van der Waals surface area contributed by atoms with Gasteiger partial charge >= 0.3 is 12.3 Å². The Morgan fingerprint density at radius 3 is 2.29 bits per heavy atom. The van der Waals surface area contributed by atoms with Gasteiger partial charge in [0.1, 0.15) is 17.4 Å². The van der Waals surface area contributed by atoms with E-state index < -0.39 is 30.0 Å². The number of benzene rings is 1. The monoisotopic (exact) mass is 512 g/mol. The number of hydrogen-bond acceptors (Lipinski definition) is 7. The average molecular weight is 513 g/mol. The van der Waals surface area contributed by atoms with Crippen molar-refractivity contribution < 1.29 is 41.7 Å². The minimum atomic E-state index is -4.91. The zero-order valence-electron chi connectivity index (χ0n) is 20.1. The smallest absolute Gasteiger partial charge is 0.460 e. The number of esters is 1. The van der Waals surface area contributed by atoms with E-state index in [2.05, 4.69) is 10.1 Å². The van der Waals surface area contributed by atoms with Gasteiger partial charge in [-0.1, -0.05) is 11.6 Å². The molecule has 1 amide bonds. The number of anilines is 1. The van der Waals surface area contributed by atoms with Crippen molar-refractivity contribution in [2.45, 2.75) is 64.8 Å². The van der Waals surface area contributed by atoms with Crippen LogP contribution in [-0.2, 0) is 23.8 Å². The second-order valence-electron chi connectivity index (χ2n) is 8.43. The maximum atomic E-state index is 13.1. The van der Waals surface area contributed by atoms with Crippen molar-refractivity contribution in [3.63, 3.8) is 0 Å². The number of amides is 1. The first-order valence-electron chi connectivity index (χ1n) is 10.5. The highest BCUT2D eigenvalue weighted by Gasteiger charge is 2.32. The first-order chi connectivity index (χ1) is 15.6. The van der Waals surface area contributed by atoms with Gasteiger partial charge < -0.3 is 29.2 Å². The van der Waals surface area contributed by atoms with Crippen LogP contribution in [0.4, 0.5) is 18.9 Å². The van der Waals surface area contributed by atoms with E-state index >= 15 is 0 Å². The van der Waals surface area contributed by atoms with Gasteiger partial charge in [-0.05, 0) is 46.2 Å². The van der Waals surface area contributed by atoms with E-state index in [0.29, 0.717) is 6.42 Å². The first-order valence-corrected chi connectivity index (χ1v) is 10.9. The molecular weight excluding hydrogens is 481 g/mol. The Kier molecular flexibility index (Phi) is 11.4. The maximum absolute atomic E-state index is 13.1. The lowest BCUT2D eigenvalue weighted by Gasteiger charge is -2.29. The van der Waals surface area contributed by atoms with Crippen molar-refractivity contribution in [3.8, 4) is 5.75 Å². The predicted octanol–water partition coefficient (Wildman–Crippen LogP) is 4.61. The lowest BCUT2D eigenvalue weighted by molar-refractivity contribution is -0.274. The summed E-state index contributed by atoms with van der Waals surface area (Å²) < 4.78 is 57.3. The number of nitrogens with zero attached hydrogens (tertiary/aromatic N) is 1. The minimum Gasteiger partial charge on any atom is -0.460 e. The van der Waals surface area contributed by atoms with Crippen LogP contribution in [0, 0.1) is 0 Å². The molecule has 1 rings (SSSR count). The molecule has 0 heterocycles. The summed E-state index contributed by atoms with van der Waals surface area (Å²) in [5.74, 6) is -1.36. The highest BCUT2D eigenvalue weighted by Crippen LogP contribution is 2.32. The predicted molar refractivity (Wildman–Crippen MR) is 121 cm³/mol. The van der Waals surface area contributed by atoms with E-state index in [0.717, 1.165) is 6.07 Å². The summed E-state index contributed by atoms with van der Waals surface area (Å²) in [6, 6.07) is 2.87. The van der Waals surface area contributed by atoms with E-state index in [4.69, 9.17) is 25.8 Å². The highest BCUT2D eigenvalue weighted by atomic mass is 35.5. The van der Waals surface area contributed by atoms with Gasteiger partial charge in [0.05, 0.1) is 11.6 Å². The van der Waals surface area contributed by atoms with Crippen molar-refractivity contribution in [2.24, 2.45) is 0 Å². The molecule has 0 radical (unpaired) electrons. The van der Waals surface area contributed by atoms with E-state index in [9.17, 15) is 22.8 Å². The molecule has 12 heteroatoms. The van der Waals surface area contributed by atoms with Crippen molar-refractivity contribution in [1.29, 1.82) is 0 Å². The lowest BCUT2D eigenvalue weighted by atomic mass is 10.2. The second kappa shape index (κ2) is 13.0. The van der Waals surface area contributed by atoms with Gasteiger partial charge in [0.25, 0.3) is 0 Å². The Labute approximate surface area is 202 Å². The molecule has 1 aromatic carbocycles. The van der Waals surface area contributed by atoms with Gasteiger partial charge in [-0.25, -0.2) is 0 Å². The van der Waals surface area contributed by atoms with E-state index in [1.807, 2.05) is 0 Å². The number of hydrogen-bond donors (Lipinski definition) is 1. The molecule has 8 nitrogen and oxygen atoms in total. The SMILES string of the molecule is COC(CN(CCCC(=O)OC(C)(C)C)C(=O)[C@H](C)Nc1ccc(Cl)c(OC(F)(F)F)c1)OC. The zero-order chi connectivity index (χ0) is 26.1. The van der Waals surface area contributed by atoms with Crippen LogP contribution in [0.1, 0.15) is 40.5 Å². The molecule has 0 fully saturated rings. The van der Waals surface area contributed by atoms with Gasteiger partial charge in [0.2, 0.25) is 5.91 Å². The standard InChI is InChI=1S/C22H32ClF3N2O6/c1-14(27-15-9-10-16(23)17(12-15)33-22(24,25)26)20(30)28(13-19(31-5)32-6)11-7-8-18(29)34-21(2,3)4/h9-10,12,14,19,27H,7-8,11,13H2,1-6H3/t14-/m0/s1. The molecule has 0 aliphatic heterocycles. The maximum Gasteiger partial charge on any atom is 0.573 e. The minimum absolute atomic E-state index is 0.0786. The summed E-state index contributed by atoms with van der Waals surface area (Å²) in [4.78, 5) is 26.5. The number of rotatable bonds is 12. The fourth-order valence-corrected chi connectivity index (χ4v) is 3.06. The van der Waals surface area contributed by atoms with Crippen molar-refractivity contribution in [2.75, 3.05) is 32.6 Å². The Balaban J connectivity index is 2.89. The second-order valence-corrected chi connectivity index (χ2v) is 8.84. The topological polar surface area (TPSA) is 86.3 Å². The molecule has 0 bridgehead atoms. The number of halogens is 4. The molecule has 1 aromatic rings. The third kappa shape index (κ3) is 11.3.